The molecule has 1 fully saturated rings. The Labute approximate surface area is 225 Å². The van der Waals surface area contributed by atoms with Gasteiger partial charge in [0.25, 0.3) is 0 Å². The molecule has 0 atom stereocenters. The highest BCUT2D eigenvalue weighted by molar-refractivity contribution is 7.12. The Bertz CT molecular complexity index is 1520. The first-order chi connectivity index (χ1) is 18.3. The van der Waals surface area contributed by atoms with E-state index in [0.29, 0.717) is 37.0 Å². The van der Waals surface area contributed by atoms with Gasteiger partial charge in [0.15, 0.2) is 17.0 Å². The van der Waals surface area contributed by atoms with Crippen LogP contribution in [0.3, 0.4) is 0 Å². The molecule has 0 amide bonds. The van der Waals surface area contributed by atoms with Crippen molar-refractivity contribution in [3.63, 3.8) is 0 Å². The zero-order chi connectivity index (χ0) is 26.3. The van der Waals surface area contributed by atoms with Gasteiger partial charge in [-0.1, -0.05) is 26.8 Å². The molecule has 11 nitrogen and oxygen atoms in total. The predicted octanol–water partition coefficient (Wildman–Crippen LogP) is 3.73. The lowest BCUT2D eigenvalue weighted by Gasteiger charge is -2.27. The number of aromatic nitrogens is 7. The van der Waals surface area contributed by atoms with Crippen molar-refractivity contribution in [2.45, 2.75) is 33.7 Å². The Kier molecular flexibility index (Phi) is 6.44. The lowest BCUT2D eigenvalue weighted by atomic mass is 9.84. The lowest BCUT2D eigenvalue weighted by Crippen LogP contribution is -2.37. The molecule has 4 aromatic heterocycles. The fraction of sp³-hybridized carbons (Fsp3) is 0.462. The number of hydrogen-bond donors (Lipinski definition) is 1. The number of dihydropyridines is 1. The standard InChI is InChI=1S/C26H32N10OS/c1-26(2,3)20-11-17(5-6-27-20)19-13-28-21(38-19)14-29-23-22-24(33-25(32-23)35-7-9-37-10-8-35)36(16-30-22)18-12-31-34(4)15-18/h5,12-13,15-16H,6-11,14H2,1-4H3,(H,29,32,33). The smallest absolute Gasteiger partial charge is 0.229 e. The van der Waals surface area contributed by atoms with Gasteiger partial charge in [-0.3, -0.25) is 14.2 Å². The van der Waals surface area contributed by atoms with Crippen molar-refractivity contribution in [1.29, 1.82) is 0 Å². The van der Waals surface area contributed by atoms with Gasteiger partial charge < -0.3 is 15.0 Å². The van der Waals surface area contributed by atoms with E-state index in [1.165, 1.54) is 16.2 Å². The van der Waals surface area contributed by atoms with Crippen LogP contribution in [0.2, 0.25) is 0 Å². The summed E-state index contributed by atoms with van der Waals surface area (Å²) in [5.41, 5.74) is 4.97. The van der Waals surface area contributed by atoms with Gasteiger partial charge in [0.05, 0.1) is 43.1 Å². The number of allylic oxidation sites excluding steroid dienone is 1. The molecule has 0 aliphatic carbocycles. The Balaban J connectivity index is 1.27. The molecule has 6 heterocycles. The van der Waals surface area contributed by atoms with Crippen LogP contribution in [0.15, 0.2) is 36.0 Å². The van der Waals surface area contributed by atoms with E-state index in [4.69, 9.17) is 24.7 Å². The molecular weight excluding hydrogens is 500 g/mol. The summed E-state index contributed by atoms with van der Waals surface area (Å²) in [6.45, 7) is 10.8. The van der Waals surface area contributed by atoms with Crippen LogP contribution >= 0.6 is 11.3 Å². The van der Waals surface area contributed by atoms with Gasteiger partial charge in [-0.2, -0.15) is 15.1 Å². The molecule has 198 valence electrons. The first-order valence-electron chi connectivity index (χ1n) is 12.8. The Morgan fingerprint density at radius 1 is 1.11 bits per heavy atom. The summed E-state index contributed by atoms with van der Waals surface area (Å²) in [5.74, 6) is 1.35. The largest absolute Gasteiger partial charge is 0.378 e. The average molecular weight is 533 g/mol. The number of rotatable bonds is 6. The van der Waals surface area contributed by atoms with Gasteiger partial charge in [0.2, 0.25) is 5.95 Å². The van der Waals surface area contributed by atoms with Crippen molar-refractivity contribution >= 4 is 45.6 Å². The Hall–Kier alpha value is -3.64. The van der Waals surface area contributed by atoms with Crippen LogP contribution in [-0.4, -0.2) is 72.8 Å². The summed E-state index contributed by atoms with van der Waals surface area (Å²) in [7, 11) is 1.89. The van der Waals surface area contributed by atoms with E-state index in [0.717, 1.165) is 42.4 Å². The highest BCUT2D eigenvalue weighted by Crippen LogP contribution is 2.32. The number of imidazole rings is 1. The summed E-state index contributed by atoms with van der Waals surface area (Å²) in [6.07, 6.45) is 10.6. The molecule has 0 bridgehead atoms. The monoisotopic (exact) mass is 532 g/mol. The molecular formula is C26H32N10OS. The van der Waals surface area contributed by atoms with Crippen LogP contribution < -0.4 is 10.2 Å². The summed E-state index contributed by atoms with van der Waals surface area (Å²) in [4.78, 5) is 27.2. The van der Waals surface area contributed by atoms with E-state index in [9.17, 15) is 0 Å². The second-order valence-corrected chi connectivity index (χ2v) is 11.7. The minimum absolute atomic E-state index is 0.0738. The quantitative estimate of drug-likeness (QED) is 0.400. The van der Waals surface area contributed by atoms with E-state index in [1.54, 1.807) is 28.5 Å². The van der Waals surface area contributed by atoms with Gasteiger partial charge in [-0.15, -0.1) is 11.3 Å². The maximum Gasteiger partial charge on any atom is 0.229 e. The number of thiazole rings is 1. The average Bonchev–Trinajstić information content (AvgIpc) is 3.67. The van der Waals surface area contributed by atoms with E-state index < -0.39 is 0 Å². The Morgan fingerprint density at radius 2 is 1.95 bits per heavy atom. The van der Waals surface area contributed by atoms with Crippen molar-refractivity contribution in [2.75, 3.05) is 43.1 Å². The molecule has 0 spiro atoms. The van der Waals surface area contributed by atoms with Crippen LogP contribution in [0, 0.1) is 5.41 Å². The Morgan fingerprint density at radius 3 is 2.71 bits per heavy atom. The topological polar surface area (TPSA) is 111 Å². The van der Waals surface area contributed by atoms with Crippen LogP contribution in [0.4, 0.5) is 11.8 Å². The fourth-order valence-electron chi connectivity index (χ4n) is 4.60. The zero-order valence-electron chi connectivity index (χ0n) is 22.2. The van der Waals surface area contributed by atoms with E-state index in [-0.39, 0.29) is 5.41 Å². The van der Waals surface area contributed by atoms with Crippen LogP contribution in [-0.2, 0) is 18.3 Å². The lowest BCUT2D eigenvalue weighted by molar-refractivity contribution is 0.122. The minimum atomic E-state index is 0.0738. The molecule has 1 saturated heterocycles. The molecule has 1 N–H and O–H groups in total. The van der Waals surface area contributed by atoms with Crippen molar-refractivity contribution < 1.29 is 4.74 Å². The van der Waals surface area contributed by atoms with Gasteiger partial charge in [0, 0.05) is 50.1 Å². The van der Waals surface area contributed by atoms with Gasteiger partial charge in [-0.05, 0) is 5.57 Å². The highest BCUT2D eigenvalue weighted by Gasteiger charge is 2.24. The van der Waals surface area contributed by atoms with Gasteiger partial charge in [0.1, 0.15) is 11.3 Å². The third-order valence-electron chi connectivity index (χ3n) is 6.77. The second kappa shape index (κ2) is 9.91. The van der Waals surface area contributed by atoms with Crippen LogP contribution in [0.25, 0.3) is 22.4 Å². The number of nitrogens with zero attached hydrogens (tertiary/aromatic N) is 9. The molecule has 12 heteroatoms. The first-order valence-corrected chi connectivity index (χ1v) is 13.7. The minimum Gasteiger partial charge on any atom is -0.378 e. The first kappa shape index (κ1) is 24.7. The molecule has 4 aromatic rings. The van der Waals surface area contributed by atoms with E-state index >= 15 is 0 Å². The summed E-state index contributed by atoms with van der Waals surface area (Å²) >= 11 is 1.71. The van der Waals surface area contributed by atoms with E-state index in [1.807, 2.05) is 24.0 Å². The summed E-state index contributed by atoms with van der Waals surface area (Å²) < 4.78 is 9.26. The molecule has 2 aliphatic rings. The van der Waals surface area contributed by atoms with Crippen LogP contribution in [0.5, 0.6) is 0 Å². The number of aryl methyl sites for hydroxylation is 1. The maximum atomic E-state index is 5.54. The molecule has 0 saturated carbocycles. The number of aliphatic imine (C=N–C) groups is 1. The van der Waals surface area contributed by atoms with Gasteiger partial charge in [-0.25, -0.2) is 9.97 Å². The predicted molar refractivity (Wildman–Crippen MR) is 150 cm³/mol. The molecule has 2 aliphatic heterocycles. The third-order valence-corrected chi connectivity index (χ3v) is 7.84. The molecule has 6 rings (SSSR count). The van der Waals surface area contributed by atoms with Crippen molar-refractivity contribution in [3.05, 3.63) is 40.9 Å². The van der Waals surface area contributed by atoms with E-state index in [2.05, 4.69) is 47.1 Å². The van der Waals surface area contributed by atoms with Crippen molar-refractivity contribution in [3.8, 4) is 5.69 Å². The molecule has 0 aromatic carbocycles. The van der Waals surface area contributed by atoms with Crippen molar-refractivity contribution in [1.82, 2.24) is 34.3 Å². The fourth-order valence-corrected chi connectivity index (χ4v) is 5.50. The molecule has 0 unspecified atom stereocenters. The normalized spacial score (nSPS) is 16.6. The summed E-state index contributed by atoms with van der Waals surface area (Å²) in [6, 6.07) is 0. The molecule has 38 heavy (non-hydrogen) atoms. The number of hydrogen-bond acceptors (Lipinski definition) is 10. The number of nitrogens with one attached hydrogen (secondary N) is 1. The number of anilines is 2. The van der Waals surface area contributed by atoms with Crippen molar-refractivity contribution in [2.24, 2.45) is 17.5 Å². The molecule has 0 radical (unpaired) electrons. The number of morpholine rings is 1. The highest BCUT2D eigenvalue weighted by atomic mass is 32.1. The van der Waals surface area contributed by atoms with Gasteiger partial charge >= 0.3 is 0 Å². The maximum absolute atomic E-state index is 5.54. The number of fused-ring (bicyclic) bond motifs is 1. The number of ether oxygens (including phenoxy) is 1. The SMILES string of the molecule is Cn1cc(-n2cnc3c(NCc4ncc(C5=CCN=C(C(C)(C)C)C5)s4)nc(N4CCOCC4)nc32)cn1. The third kappa shape index (κ3) is 4.93. The van der Waals surface area contributed by atoms with Crippen LogP contribution in [0.1, 0.15) is 37.1 Å². The summed E-state index contributed by atoms with van der Waals surface area (Å²) in [5, 5.41) is 8.81. The second-order valence-electron chi connectivity index (χ2n) is 10.5. The zero-order valence-corrected chi connectivity index (χ0v) is 23.0.